The molecule has 0 spiro atoms. The van der Waals surface area contributed by atoms with Gasteiger partial charge in [0, 0.05) is 42.5 Å². The van der Waals surface area contributed by atoms with E-state index in [4.69, 9.17) is 5.21 Å². The van der Waals surface area contributed by atoms with Crippen molar-refractivity contribution in [1.29, 1.82) is 0 Å². The van der Waals surface area contributed by atoms with Gasteiger partial charge in [-0.3, -0.25) is 14.9 Å². The molecular formula is C18H25N3O2. The van der Waals surface area contributed by atoms with Gasteiger partial charge in [-0.05, 0) is 31.0 Å². The standard InChI is InChI=1S/C18H25N3O2/c22-18(20-23)9-3-1-2-6-11-21-12-10-17-15(13-21)14-7-4-5-8-16(14)19-17/h4-5,7-8,19,23H,1-3,6,9-13H2,(H,20,22). The van der Waals surface area contributed by atoms with Gasteiger partial charge in [-0.1, -0.05) is 31.0 Å². The molecule has 2 heterocycles. The lowest BCUT2D eigenvalue weighted by Crippen LogP contribution is -2.31. The number of carbonyl (C=O) groups excluding carboxylic acids is 1. The molecule has 1 aliphatic rings. The Bertz CT molecular complexity index is 665. The van der Waals surface area contributed by atoms with Crippen molar-refractivity contribution in [3.63, 3.8) is 0 Å². The summed E-state index contributed by atoms with van der Waals surface area (Å²) in [5.74, 6) is -0.284. The van der Waals surface area contributed by atoms with Crippen molar-refractivity contribution >= 4 is 16.8 Å². The van der Waals surface area contributed by atoms with Crippen molar-refractivity contribution in [3.8, 4) is 0 Å². The Balaban J connectivity index is 1.44. The molecule has 3 N–H and O–H groups in total. The highest BCUT2D eigenvalue weighted by atomic mass is 16.5. The number of hydrogen-bond acceptors (Lipinski definition) is 3. The van der Waals surface area contributed by atoms with Crippen LogP contribution in [0.2, 0.25) is 0 Å². The van der Waals surface area contributed by atoms with E-state index in [0.29, 0.717) is 6.42 Å². The summed E-state index contributed by atoms with van der Waals surface area (Å²) in [5, 5.41) is 9.80. The Hall–Kier alpha value is -1.85. The van der Waals surface area contributed by atoms with E-state index in [1.54, 1.807) is 5.48 Å². The highest BCUT2D eigenvalue weighted by Gasteiger charge is 2.19. The lowest BCUT2D eigenvalue weighted by Gasteiger charge is -2.27. The molecule has 3 rings (SSSR count). The van der Waals surface area contributed by atoms with Gasteiger partial charge in [0.1, 0.15) is 0 Å². The quantitative estimate of drug-likeness (QED) is 0.418. The molecule has 0 saturated carbocycles. The molecule has 0 saturated heterocycles. The molecule has 0 radical (unpaired) electrons. The molecule has 1 aromatic carbocycles. The maximum absolute atomic E-state index is 10.9. The maximum atomic E-state index is 10.9. The number of amides is 1. The van der Waals surface area contributed by atoms with E-state index in [-0.39, 0.29) is 5.91 Å². The molecular weight excluding hydrogens is 290 g/mol. The van der Waals surface area contributed by atoms with Crippen molar-refractivity contribution in [2.45, 2.75) is 45.1 Å². The summed E-state index contributed by atoms with van der Waals surface area (Å²) in [7, 11) is 0. The van der Waals surface area contributed by atoms with Crippen LogP contribution < -0.4 is 5.48 Å². The molecule has 0 aliphatic carbocycles. The third kappa shape index (κ3) is 3.92. The molecule has 1 aliphatic heterocycles. The highest BCUT2D eigenvalue weighted by molar-refractivity contribution is 5.84. The molecule has 0 bridgehead atoms. The zero-order chi connectivity index (χ0) is 16.1. The van der Waals surface area contributed by atoms with E-state index >= 15 is 0 Å². The number of nitrogens with zero attached hydrogens (tertiary/aromatic N) is 1. The van der Waals surface area contributed by atoms with Gasteiger partial charge in [0.15, 0.2) is 0 Å². The summed E-state index contributed by atoms with van der Waals surface area (Å²) in [6, 6.07) is 8.55. The minimum absolute atomic E-state index is 0.284. The summed E-state index contributed by atoms with van der Waals surface area (Å²) >= 11 is 0. The number of benzene rings is 1. The van der Waals surface area contributed by atoms with Crippen molar-refractivity contribution < 1.29 is 10.0 Å². The van der Waals surface area contributed by atoms with Crippen LogP contribution in [0.15, 0.2) is 24.3 Å². The van der Waals surface area contributed by atoms with Gasteiger partial charge in [-0.2, -0.15) is 0 Å². The number of aromatic nitrogens is 1. The van der Waals surface area contributed by atoms with Crippen molar-refractivity contribution in [2.24, 2.45) is 0 Å². The maximum Gasteiger partial charge on any atom is 0.243 e. The number of aromatic amines is 1. The first kappa shape index (κ1) is 16.0. The lowest BCUT2D eigenvalue weighted by molar-refractivity contribution is -0.129. The first-order valence-corrected chi connectivity index (χ1v) is 8.51. The minimum atomic E-state index is -0.284. The molecule has 0 fully saturated rings. The van der Waals surface area contributed by atoms with Gasteiger partial charge >= 0.3 is 0 Å². The summed E-state index contributed by atoms with van der Waals surface area (Å²) in [5.41, 5.74) is 5.80. The van der Waals surface area contributed by atoms with Crippen LogP contribution in [0.3, 0.4) is 0 Å². The zero-order valence-corrected chi connectivity index (χ0v) is 13.5. The summed E-state index contributed by atoms with van der Waals surface area (Å²) in [6.45, 7) is 3.27. The summed E-state index contributed by atoms with van der Waals surface area (Å²) < 4.78 is 0. The third-order valence-electron chi connectivity index (χ3n) is 4.71. The fraction of sp³-hybridized carbons (Fsp3) is 0.500. The van der Waals surface area contributed by atoms with Gasteiger partial charge in [0.2, 0.25) is 5.91 Å². The van der Waals surface area contributed by atoms with E-state index in [2.05, 4.69) is 34.1 Å². The average Bonchev–Trinajstić information content (AvgIpc) is 2.95. The summed E-state index contributed by atoms with van der Waals surface area (Å²) in [6.07, 6.45) is 5.70. The van der Waals surface area contributed by atoms with E-state index in [1.165, 1.54) is 28.6 Å². The number of para-hydroxylation sites is 1. The van der Waals surface area contributed by atoms with Crippen LogP contribution in [0.5, 0.6) is 0 Å². The second kappa shape index (κ2) is 7.62. The van der Waals surface area contributed by atoms with Gasteiger partial charge in [0.05, 0.1) is 0 Å². The van der Waals surface area contributed by atoms with E-state index in [0.717, 1.165) is 45.3 Å². The number of unbranched alkanes of at least 4 members (excludes halogenated alkanes) is 3. The molecule has 124 valence electrons. The SMILES string of the molecule is O=C(CCCCCCN1CCc2[nH]c3ccccc3c2C1)NO. The van der Waals surface area contributed by atoms with E-state index < -0.39 is 0 Å². The second-order valence-corrected chi connectivity index (χ2v) is 6.35. The molecule has 1 amide bonds. The van der Waals surface area contributed by atoms with Crippen molar-refractivity contribution in [3.05, 3.63) is 35.5 Å². The summed E-state index contributed by atoms with van der Waals surface area (Å²) in [4.78, 5) is 17.0. The van der Waals surface area contributed by atoms with Gasteiger partial charge in [-0.25, -0.2) is 5.48 Å². The van der Waals surface area contributed by atoms with Gasteiger partial charge < -0.3 is 4.98 Å². The van der Waals surface area contributed by atoms with Gasteiger partial charge in [-0.15, -0.1) is 0 Å². The average molecular weight is 315 g/mol. The Morgan fingerprint density at radius 3 is 2.91 bits per heavy atom. The lowest BCUT2D eigenvalue weighted by atomic mass is 10.0. The third-order valence-corrected chi connectivity index (χ3v) is 4.71. The highest BCUT2D eigenvalue weighted by Crippen LogP contribution is 2.27. The van der Waals surface area contributed by atoms with E-state index in [9.17, 15) is 4.79 Å². The number of rotatable bonds is 7. The van der Waals surface area contributed by atoms with Crippen LogP contribution in [-0.2, 0) is 17.8 Å². The van der Waals surface area contributed by atoms with Crippen LogP contribution in [0.25, 0.3) is 10.9 Å². The number of nitrogens with one attached hydrogen (secondary N) is 2. The Morgan fingerprint density at radius 1 is 1.22 bits per heavy atom. The van der Waals surface area contributed by atoms with E-state index in [1.807, 2.05) is 0 Å². The molecule has 2 aromatic rings. The van der Waals surface area contributed by atoms with Gasteiger partial charge in [0.25, 0.3) is 0 Å². The van der Waals surface area contributed by atoms with Crippen molar-refractivity contribution in [2.75, 3.05) is 13.1 Å². The largest absolute Gasteiger partial charge is 0.358 e. The predicted molar refractivity (Wildman–Crippen MR) is 90.3 cm³/mol. The monoisotopic (exact) mass is 315 g/mol. The van der Waals surface area contributed by atoms with Crippen LogP contribution >= 0.6 is 0 Å². The smallest absolute Gasteiger partial charge is 0.243 e. The van der Waals surface area contributed by atoms with Crippen LogP contribution in [0.1, 0.15) is 43.4 Å². The Kier molecular flexibility index (Phi) is 5.31. The Labute approximate surface area is 136 Å². The number of hydroxylamine groups is 1. The number of carbonyl (C=O) groups is 1. The first-order valence-electron chi connectivity index (χ1n) is 8.51. The second-order valence-electron chi connectivity index (χ2n) is 6.35. The number of H-pyrrole nitrogens is 1. The van der Waals surface area contributed by atoms with Crippen LogP contribution in [0.4, 0.5) is 0 Å². The molecule has 0 atom stereocenters. The Morgan fingerprint density at radius 2 is 2.04 bits per heavy atom. The number of fused-ring (bicyclic) bond motifs is 3. The van der Waals surface area contributed by atoms with Crippen LogP contribution in [-0.4, -0.2) is 34.1 Å². The van der Waals surface area contributed by atoms with Crippen molar-refractivity contribution in [1.82, 2.24) is 15.4 Å². The molecule has 0 unspecified atom stereocenters. The fourth-order valence-corrected chi connectivity index (χ4v) is 3.44. The predicted octanol–water partition coefficient (Wildman–Crippen LogP) is 2.98. The minimum Gasteiger partial charge on any atom is -0.358 e. The fourth-order valence-electron chi connectivity index (χ4n) is 3.44. The molecule has 5 heteroatoms. The normalized spacial score (nSPS) is 14.8. The topological polar surface area (TPSA) is 68.4 Å². The molecule has 23 heavy (non-hydrogen) atoms. The number of hydrogen-bond donors (Lipinski definition) is 3. The first-order chi connectivity index (χ1) is 11.3. The van der Waals surface area contributed by atoms with Crippen LogP contribution in [0, 0.1) is 0 Å². The molecule has 1 aromatic heterocycles. The molecule has 5 nitrogen and oxygen atoms in total. The zero-order valence-electron chi connectivity index (χ0n) is 13.5.